The molecule has 2 aromatic carbocycles. The maximum absolute atomic E-state index is 13.5. The van der Waals surface area contributed by atoms with Gasteiger partial charge in [0.15, 0.2) is 0 Å². The van der Waals surface area contributed by atoms with Crippen molar-refractivity contribution in [1.82, 2.24) is 9.55 Å². The predicted molar refractivity (Wildman–Crippen MR) is 103 cm³/mol. The number of para-hydroxylation sites is 1. The average molecular weight is 419 g/mol. The van der Waals surface area contributed by atoms with Gasteiger partial charge in [-0.15, -0.1) is 0 Å². The SMILES string of the molecule is N#Cc1cc2c(NCC3CC3)nc(=O)n(-c3ccccc3Cl)c2cc1C(F)(F)F. The summed E-state index contributed by atoms with van der Waals surface area (Å²) in [5.41, 5.74) is -2.23. The Balaban J connectivity index is 2.06. The zero-order valence-corrected chi connectivity index (χ0v) is 15.7. The number of benzene rings is 2. The van der Waals surface area contributed by atoms with E-state index in [1.807, 2.05) is 0 Å². The number of rotatable bonds is 4. The number of nitrogens with one attached hydrogen (secondary N) is 1. The van der Waals surface area contributed by atoms with Gasteiger partial charge in [0.25, 0.3) is 0 Å². The molecule has 0 amide bonds. The summed E-state index contributed by atoms with van der Waals surface area (Å²) in [6, 6.07) is 9.84. The van der Waals surface area contributed by atoms with Crippen LogP contribution in [0.1, 0.15) is 24.0 Å². The number of hydrogen-bond donors (Lipinski definition) is 1. The Morgan fingerprint density at radius 2 is 2.00 bits per heavy atom. The van der Waals surface area contributed by atoms with Gasteiger partial charge in [-0.05, 0) is 43.0 Å². The molecule has 0 radical (unpaired) electrons. The Morgan fingerprint density at radius 1 is 1.28 bits per heavy atom. The largest absolute Gasteiger partial charge is 0.417 e. The van der Waals surface area contributed by atoms with Crippen LogP contribution in [0, 0.1) is 17.2 Å². The summed E-state index contributed by atoms with van der Waals surface area (Å²) in [5, 5.41) is 12.7. The minimum absolute atomic E-state index is 0.0253. The van der Waals surface area contributed by atoms with E-state index in [4.69, 9.17) is 11.6 Å². The summed E-state index contributed by atoms with van der Waals surface area (Å²) in [7, 11) is 0. The van der Waals surface area contributed by atoms with Crippen molar-refractivity contribution in [1.29, 1.82) is 5.26 Å². The number of anilines is 1. The Hall–Kier alpha value is -3.05. The summed E-state index contributed by atoms with van der Waals surface area (Å²) in [6.45, 7) is 0.556. The van der Waals surface area contributed by atoms with Crippen LogP contribution in [0.5, 0.6) is 0 Å². The molecule has 9 heteroatoms. The summed E-state index contributed by atoms with van der Waals surface area (Å²) in [4.78, 5) is 16.8. The minimum Gasteiger partial charge on any atom is -0.369 e. The standard InChI is InChI=1S/C20H14ClF3N4O/c21-15-3-1-2-4-16(15)28-17-8-14(20(22,23)24)12(9-25)7-13(17)18(27-19(28)29)26-10-11-5-6-11/h1-4,7-8,11H,5-6,10H2,(H,26,27,29). The van der Waals surface area contributed by atoms with Crippen LogP contribution in [-0.2, 0) is 6.18 Å². The molecule has 1 fully saturated rings. The normalized spacial score (nSPS) is 14.0. The van der Waals surface area contributed by atoms with E-state index in [0.717, 1.165) is 29.5 Å². The Kier molecular flexibility index (Phi) is 4.71. The molecular formula is C20H14ClF3N4O. The van der Waals surface area contributed by atoms with Gasteiger partial charge in [0, 0.05) is 11.9 Å². The van der Waals surface area contributed by atoms with E-state index in [9.17, 15) is 23.2 Å². The lowest BCUT2D eigenvalue weighted by molar-refractivity contribution is -0.137. The summed E-state index contributed by atoms with van der Waals surface area (Å²) in [5.74, 6) is 0.605. The highest BCUT2D eigenvalue weighted by Crippen LogP contribution is 2.37. The van der Waals surface area contributed by atoms with Crippen molar-refractivity contribution < 1.29 is 13.2 Å². The van der Waals surface area contributed by atoms with Gasteiger partial charge in [-0.25, -0.2) is 4.79 Å². The molecule has 148 valence electrons. The lowest BCUT2D eigenvalue weighted by Crippen LogP contribution is -2.25. The summed E-state index contributed by atoms with van der Waals surface area (Å²) < 4.78 is 41.7. The zero-order chi connectivity index (χ0) is 20.8. The minimum atomic E-state index is -4.76. The molecule has 0 saturated heterocycles. The second kappa shape index (κ2) is 7.08. The quantitative estimate of drug-likeness (QED) is 0.663. The lowest BCUT2D eigenvalue weighted by Gasteiger charge is -2.17. The van der Waals surface area contributed by atoms with E-state index in [2.05, 4.69) is 10.3 Å². The van der Waals surface area contributed by atoms with E-state index < -0.39 is 23.0 Å². The molecule has 0 aliphatic heterocycles. The molecule has 1 saturated carbocycles. The van der Waals surface area contributed by atoms with Crippen molar-refractivity contribution in [3.05, 3.63) is 63.0 Å². The number of nitriles is 1. The second-order valence-electron chi connectivity index (χ2n) is 6.88. The molecule has 1 N–H and O–H groups in total. The van der Waals surface area contributed by atoms with Crippen LogP contribution in [0.3, 0.4) is 0 Å². The third-order valence-electron chi connectivity index (χ3n) is 4.80. The number of halogens is 4. The van der Waals surface area contributed by atoms with E-state index in [1.165, 1.54) is 12.1 Å². The maximum atomic E-state index is 13.5. The molecule has 5 nitrogen and oxygen atoms in total. The average Bonchev–Trinajstić information content (AvgIpc) is 3.50. The van der Waals surface area contributed by atoms with Gasteiger partial charge in [-0.3, -0.25) is 4.57 Å². The number of hydrogen-bond acceptors (Lipinski definition) is 4. The number of aromatic nitrogens is 2. The summed E-state index contributed by atoms with van der Waals surface area (Å²) in [6.07, 6.45) is -2.67. The molecule has 1 heterocycles. The van der Waals surface area contributed by atoms with E-state index >= 15 is 0 Å². The first-order valence-electron chi connectivity index (χ1n) is 8.86. The predicted octanol–water partition coefficient (Wildman–Crippen LogP) is 4.75. The molecule has 29 heavy (non-hydrogen) atoms. The molecule has 1 aliphatic carbocycles. The highest BCUT2D eigenvalue weighted by molar-refractivity contribution is 6.32. The highest BCUT2D eigenvalue weighted by atomic mass is 35.5. The molecule has 1 aliphatic rings. The van der Waals surface area contributed by atoms with Crippen molar-refractivity contribution in [3.63, 3.8) is 0 Å². The van der Waals surface area contributed by atoms with Crippen molar-refractivity contribution in [2.75, 3.05) is 11.9 Å². The fourth-order valence-electron chi connectivity index (χ4n) is 3.16. The van der Waals surface area contributed by atoms with Crippen LogP contribution in [0.4, 0.5) is 19.0 Å². The second-order valence-corrected chi connectivity index (χ2v) is 7.29. The first-order valence-corrected chi connectivity index (χ1v) is 9.24. The first-order chi connectivity index (χ1) is 13.8. The van der Waals surface area contributed by atoms with Gasteiger partial charge in [0.1, 0.15) is 5.82 Å². The van der Waals surface area contributed by atoms with Crippen LogP contribution in [0.2, 0.25) is 5.02 Å². The first kappa shape index (κ1) is 19.3. The monoisotopic (exact) mass is 418 g/mol. The molecule has 0 atom stereocenters. The third-order valence-corrected chi connectivity index (χ3v) is 5.12. The van der Waals surface area contributed by atoms with Crippen molar-refractivity contribution in [3.8, 4) is 11.8 Å². The Morgan fingerprint density at radius 3 is 2.62 bits per heavy atom. The molecule has 4 rings (SSSR count). The van der Waals surface area contributed by atoms with E-state index in [-0.39, 0.29) is 27.4 Å². The fraction of sp³-hybridized carbons (Fsp3) is 0.250. The van der Waals surface area contributed by atoms with Gasteiger partial charge in [0.05, 0.1) is 33.4 Å². The van der Waals surface area contributed by atoms with Crippen molar-refractivity contribution >= 4 is 28.3 Å². The van der Waals surface area contributed by atoms with Crippen LogP contribution in [0.25, 0.3) is 16.6 Å². The molecule has 0 bridgehead atoms. The van der Waals surface area contributed by atoms with E-state index in [0.29, 0.717) is 12.5 Å². The number of fused-ring (bicyclic) bond motifs is 1. The van der Waals surface area contributed by atoms with Gasteiger partial charge in [-0.2, -0.15) is 23.4 Å². The fourth-order valence-corrected chi connectivity index (χ4v) is 3.38. The third kappa shape index (κ3) is 3.66. The maximum Gasteiger partial charge on any atom is 0.417 e. The molecule has 3 aromatic rings. The molecule has 0 spiro atoms. The van der Waals surface area contributed by atoms with Crippen molar-refractivity contribution in [2.24, 2.45) is 5.92 Å². The van der Waals surface area contributed by atoms with Gasteiger partial charge < -0.3 is 5.32 Å². The smallest absolute Gasteiger partial charge is 0.369 e. The molecular weight excluding hydrogens is 405 g/mol. The Bertz CT molecular complexity index is 1210. The molecule has 1 aromatic heterocycles. The van der Waals surface area contributed by atoms with Gasteiger partial charge in [-0.1, -0.05) is 23.7 Å². The highest BCUT2D eigenvalue weighted by Gasteiger charge is 2.35. The van der Waals surface area contributed by atoms with Crippen LogP contribution in [-0.4, -0.2) is 16.1 Å². The zero-order valence-electron chi connectivity index (χ0n) is 14.9. The topological polar surface area (TPSA) is 70.7 Å². The summed E-state index contributed by atoms with van der Waals surface area (Å²) >= 11 is 6.19. The van der Waals surface area contributed by atoms with Crippen LogP contribution >= 0.6 is 11.6 Å². The van der Waals surface area contributed by atoms with Gasteiger partial charge in [0.2, 0.25) is 0 Å². The lowest BCUT2D eigenvalue weighted by atomic mass is 10.0. The van der Waals surface area contributed by atoms with E-state index in [1.54, 1.807) is 18.2 Å². The molecule has 0 unspecified atom stereocenters. The van der Waals surface area contributed by atoms with Crippen molar-refractivity contribution in [2.45, 2.75) is 19.0 Å². The van der Waals surface area contributed by atoms with Crippen LogP contribution < -0.4 is 11.0 Å². The number of alkyl halides is 3. The van der Waals surface area contributed by atoms with Gasteiger partial charge >= 0.3 is 11.9 Å². The van der Waals surface area contributed by atoms with Crippen LogP contribution in [0.15, 0.2) is 41.2 Å². The number of nitrogens with zero attached hydrogens (tertiary/aromatic N) is 3. The Labute approximate surface area is 168 Å².